The molecule has 0 aromatic carbocycles. The van der Waals surface area contributed by atoms with E-state index in [0.717, 1.165) is 19.6 Å². The zero-order chi connectivity index (χ0) is 7.45. The second-order valence-corrected chi connectivity index (χ2v) is 2.63. The molecule has 1 saturated heterocycles. The van der Waals surface area contributed by atoms with Crippen LogP contribution in [0, 0.1) is 0 Å². The van der Waals surface area contributed by atoms with Gasteiger partial charge in [-0.2, -0.15) is 0 Å². The molecule has 0 radical (unpaired) electrons. The van der Waals surface area contributed by atoms with E-state index in [-0.39, 0.29) is 5.60 Å². The Morgan fingerprint density at radius 1 is 1.70 bits per heavy atom. The van der Waals surface area contributed by atoms with Gasteiger partial charge < -0.3 is 9.47 Å². The predicted molar refractivity (Wildman–Crippen MR) is 40.0 cm³/mol. The van der Waals surface area contributed by atoms with Crippen molar-refractivity contribution in [2.24, 2.45) is 0 Å². The molecular formula is C8H14O2. The molecule has 2 heteroatoms. The van der Waals surface area contributed by atoms with E-state index >= 15 is 0 Å². The van der Waals surface area contributed by atoms with Crippen LogP contribution in [0.15, 0.2) is 12.7 Å². The Balaban J connectivity index is 2.26. The first kappa shape index (κ1) is 7.76. The van der Waals surface area contributed by atoms with Crippen molar-refractivity contribution in [2.75, 3.05) is 19.8 Å². The highest BCUT2D eigenvalue weighted by Gasteiger charge is 2.37. The summed E-state index contributed by atoms with van der Waals surface area (Å²) in [5, 5.41) is 0. The third-order valence-electron chi connectivity index (χ3n) is 1.88. The Labute approximate surface area is 61.8 Å². The number of hydrogen-bond acceptors (Lipinski definition) is 2. The Morgan fingerprint density at radius 3 is 2.70 bits per heavy atom. The van der Waals surface area contributed by atoms with Crippen LogP contribution in [-0.2, 0) is 9.47 Å². The summed E-state index contributed by atoms with van der Waals surface area (Å²) in [5.74, 6) is 0. The Morgan fingerprint density at radius 2 is 2.40 bits per heavy atom. The van der Waals surface area contributed by atoms with Crippen LogP contribution in [0.4, 0.5) is 0 Å². The van der Waals surface area contributed by atoms with Gasteiger partial charge in [-0.3, -0.25) is 0 Å². The van der Waals surface area contributed by atoms with Crippen LogP contribution in [0.2, 0.25) is 0 Å². The number of rotatable bonds is 4. The molecule has 1 aliphatic rings. The Kier molecular flexibility index (Phi) is 2.46. The molecule has 0 N–H and O–H groups in total. The molecule has 1 fully saturated rings. The van der Waals surface area contributed by atoms with E-state index in [1.54, 1.807) is 6.08 Å². The summed E-state index contributed by atoms with van der Waals surface area (Å²) in [5.41, 5.74) is 0.0220. The van der Waals surface area contributed by atoms with Crippen molar-refractivity contribution in [3.63, 3.8) is 0 Å². The van der Waals surface area contributed by atoms with E-state index in [4.69, 9.17) is 9.47 Å². The Bertz CT molecular complexity index is 111. The van der Waals surface area contributed by atoms with Crippen LogP contribution in [-0.4, -0.2) is 25.4 Å². The highest BCUT2D eigenvalue weighted by molar-refractivity contribution is 4.87. The second kappa shape index (κ2) is 3.17. The molecule has 0 spiro atoms. The van der Waals surface area contributed by atoms with Crippen LogP contribution in [0.1, 0.15) is 13.3 Å². The molecule has 2 nitrogen and oxygen atoms in total. The molecule has 0 amide bonds. The fourth-order valence-electron chi connectivity index (χ4n) is 0.955. The normalized spacial score (nSPS) is 21.7. The maximum absolute atomic E-state index is 5.52. The molecule has 10 heavy (non-hydrogen) atoms. The SMILES string of the molecule is C=CCOC1(CC)COC1. The van der Waals surface area contributed by atoms with Crippen LogP contribution in [0.25, 0.3) is 0 Å². The summed E-state index contributed by atoms with van der Waals surface area (Å²) >= 11 is 0. The minimum Gasteiger partial charge on any atom is -0.375 e. The Hall–Kier alpha value is -0.340. The average molecular weight is 142 g/mol. The summed E-state index contributed by atoms with van der Waals surface area (Å²) in [6.45, 7) is 7.84. The lowest BCUT2D eigenvalue weighted by Crippen LogP contribution is -2.51. The molecule has 0 saturated carbocycles. The summed E-state index contributed by atoms with van der Waals surface area (Å²) in [7, 11) is 0. The minimum atomic E-state index is 0.0220. The molecule has 0 atom stereocenters. The maximum Gasteiger partial charge on any atom is 0.115 e. The first-order chi connectivity index (χ1) is 4.83. The van der Waals surface area contributed by atoms with Gasteiger partial charge >= 0.3 is 0 Å². The highest BCUT2D eigenvalue weighted by Crippen LogP contribution is 2.24. The van der Waals surface area contributed by atoms with Crippen molar-refractivity contribution < 1.29 is 9.47 Å². The van der Waals surface area contributed by atoms with Crippen molar-refractivity contribution in [3.8, 4) is 0 Å². The van der Waals surface area contributed by atoms with Gasteiger partial charge in [0.1, 0.15) is 5.60 Å². The second-order valence-electron chi connectivity index (χ2n) is 2.63. The third-order valence-corrected chi connectivity index (χ3v) is 1.88. The topological polar surface area (TPSA) is 18.5 Å². The van der Waals surface area contributed by atoms with Gasteiger partial charge in [0.25, 0.3) is 0 Å². The quantitative estimate of drug-likeness (QED) is 0.552. The van der Waals surface area contributed by atoms with Gasteiger partial charge in [-0.1, -0.05) is 13.0 Å². The minimum absolute atomic E-state index is 0.0220. The first-order valence-corrected chi connectivity index (χ1v) is 3.65. The van der Waals surface area contributed by atoms with Crippen molar-refractivity contribution in [1.82, 2.24) is 0 Å². The molecule has 1 heterocycles. The van der Waals surface area contributed by atoms with Crippen LogP contribution in [0.3, 0.4) is 0 Å². The molecule has 0 unspecified atom stereocenters. The van der Waals surface area contributed by atoms with Crippen LogP contribution >= 0.6 is 0 Å². The lowest BCUT2D eigenvalue weighted by molar-refractivity contribution is -0.205. The predicted octanol–water partition coefficient (Wildman–Crippen LogP) is 1.37. The number of ether oxygens (including phenoxy) is 2. The summed E-state index contributed by atoms with van der Waals surface area (Å²) < 4.78 is 10.6. The van der Waals surface area contributed by atoms with Crippen LogP contribution in [0.5, 0.6) is 0 Å². The molecular weight excluding hydrogens is 128 g/mol. The van der Waals surface area contributed by atoms with E-state index in [1.807, 2.05) is 0 Å². The smallest absolute Gasteiger partial charge is 0.115 e. The largest absolute Gasteiger partial charge is 0.375 e. The standard InChI is InChI=1S/C8H14O2/c1-3-5-10-8(4-2)6-9-7-8/h3H,1,4-7H2,2H3. The lowest BCUT2D eigenvalue weighted by Gasteiger charge is -2.40. The summed E-state index contributed by atoms with van der Waals surface area (Å²) in [4.78, 5) is 0. The summed E-state index contributed by atoms with van der Waals surface area (Å²) in [6, 6.07) is 0. The van der Waals surface area contributed by atoms with Crippen molar-refractivity contribution in [3.05, 3.63) is 12.7 Å². The molecule has 58 valence electrons. The van der Waals surface area contributed by atoms with Gasteiger partial charge in [0.15, 0.2) is 0 Å². The van der Waals surface area contributed by atoms with Gasteiger partial charge in [-0.25, -0.2) is 0 Å². The maximum atomic E-state index is 5.52. The van der Waals surface area contributed by atoms with Gasteiger partial charge in [-0.15, -0.1) is 6.58 Å². The molecule has 1 aliphatic heterocycles. The van der Waals surface area contributed by atoms with E-state index in [0.29, 0.717) is 6.61 Å². The average Bonchev–Trinajstić information content (AvgIpc) is 1.87. The number of hydrogen-bond donors (Lipinski definition) is 0. The van der Waals surface area contributed by atoms with Gasteiger partial charge in [0.05, 0.1) is 19.8 Å². The molecule has 0 aliphatic carbocycles. The molecule has 1 rings (SSSR count). The van der Waals surface area contributed by atoms with E-state index < -0.39 is 0 Å². The first-order valence-electron chi connectivity index (χ1n) is 3.65. The third kappa shape index (κ3) is 1.39. The lowest BCUT2D eigenvalue weighted by atomic mass is 9.99. The monoisotopic (exact) mass is 142 g/mol. The van der Waals surface area contributed by atoms with Gasteiger partial charge in [0, 0.05) is 0 Å². The van der Waals surface area contributed by atoms with E-state index in [2.05, 4.69) is 13.5 Å². The zero-order valence-electron chi connectivity index (χ0n) is 6.43. The highest BCUT2D eigenvalue weighted by atomic mass is 16.6. The fraction of sp³-hybridized carbons (Fsp3) is 0.750. The van der Waals surface area contributed by atoms with Gasteiger partial charge in [0.2, 0.25) is 0 Å². The van der Waals surface area contributed by atoms with Crippen molar-refractivity contribution >= 4 is 0 Å². The molecule has 0 aromatic heterocycles. The van der Waals surface area contributed by atoms with E-state index in [9.17, 15) is 0 Å². The van der Waals surface area contributed by atoms with Crippen LogP contribution < -0.4 is 0 Å². The molecule has 0 bridgehead atoms. The zero-order valence-corrected chi connectivity index (χ0v) is 6.43. The van der Waals surface area contributed by atoms with Gasteiger partial charge in [-0.05, 0) is 6.42 Å². The fourth-order valence-corrected chi connectivity index (χ4v) is 0.955. The summed E-state index contributed by atoms with van der Waals surface area (Å²) in [6.07, 6.45) is 2.80. The van der Waals surface area contributed by atoms with Crippen molar-refractivity contribution in [2.45, 2.75) is 18.9 Å². The van der Waals surface area contributed by atoms with Crippen molar-refractivity contribution in [1.29, 1.82) is 0 Å². The molecule has 0 aromatic rings. The van der Waals surface area contributed by atoms with E-state index in [1.165, 1.54) is 0 Å².